The molecule has 1 aliphatic rings. The summed E-state index contributed by atoms with van der Waals surface area (Å²) < 4.78 is 0. The fourth-order valence-corrected chi connectivity index (χ4v) is 2.78. The summed E-state index contributed by atoms with van der Waals surface area (Å²) in [4.78, 5) is 14.4. The van der Waals surface area contributed by atoms with Gasteiger partial charge >= 0.3 is 0 Å². The maximum absolute atomic E-state index is 12.1. The molecule has 1 aromatic carbocycles. The van der Waals surface area contributed by atoms with Gasteiger partial charge in [-0.05, 0) is 50.5 Å². The van der Waals surface area contributed by atoms with E-state index in [0.717, 1.165) is 12.1 Å². The summed E-state index contributed by atoms with van der Waals surface area (Å²) in [7, 11) is 0. The molecule has 1 fully saturated rings. The molecule has 4 heteroatoms. The topological polar surface area (TPSA) is 58.4 Å². The van der Waals surface area contributed by atoms with Crippen molar-refractivity contribution >= 4 is 17.3 Å². The molecule has 2 atom stereocenters. The van der Waals surface area contributed by atoms with Crippen LogP contribution in [0, 0.1) is 0 Å². The Balaban J connectivity index is 1.92. The molecular formula is C15H23N3O. The number of nitrogens with zero attached hydrogens (tertiary/aromatic N) is 1. The van der Waals surface area contributed by atoms with Crippen LogP contribution in [0.5, 0.6) is 0 Å². The molecular weight excluding hydrogens is 238 g/mol. The zero-order valence-electron chi connectivity index (χ0n) is 11.7. The minimum atomic E-state index is 0.0528. The Labute approximate surface area is 115 Å². The van der Waals surface area contributed by atoms with Crippen LogP contribution >= 0.6 is 0 Å². The zero-order chi connectivity index (χ0) is 13.8. The molecule has 2 rings (SSSR count). The summed E-state index contributed by atoms with van der Waals surface area (Å²) in [5.74, 6) is 0.0528. The molecule has 0 aliphatic carbocycles. The lowest BCUT2D eigenvalue weighted by atomic mass is 10.1. The molecule has 0 radical (unpaired) electrons. The highest BCUT2D eigenvalue weighted by atomic mass is 16.2. The SMILES string of the molecule is CCC1CCC(C)N1CC(=O)Nc1ccc(N)cc1. The molecule has 1 amide bonds. The standard InChI is InChI=1S/C15H23N3O/c1-3-14-9-4-11(2)18(14)10-15(19)17-13-7-5-12(16)6-8-13/h5-8,11,14H,3-4,9-10,16H2,1-2H3,(H,17,19). The second kappa shape index (κ2) is 6.06. The van der Waals surface area contributed by atoms with E-state index in [4.69, 9.17) is 5.73 Å². The van der Waals surface area contributed by atoms with Gasteiger partial charge in [-0.25, -0.2) is 0 Å². The van der Waals surface area contributed by atoms with Crippen LogP contribution in [-0.4, -0.2) is 29.4 Å². The number of hydrogen-bond donors (Lipinski definition) is 2. The van der Waals surface area contributed by atoms with Crippen LogP contribution in [0.25, 0.3) is 0 Å². The predicted molar refractivity (Wildman–Crippen MR) is 79.0 cm³/mol. The summed E-state index contributed by atoms with van der Waals surface area (Å²) in [5, 5.41) is 2.93. The van der Waals surface area contributed by atoms with Crippen LogP contribution in [0.1, 0.15) is 33.1 Å². The van der Waals surface area contributed by atoms with Crippen molar-refractivity contribution in [1.82, 2.24) is 4.90 Å². The van der Waals surface area contributed by atoms with Gasteiger partial charge in [-0.3, -0.25) is 9.69 Å². The van der Waals surface area contributed by atoms with E-state index in [9.17, 15) is 4.79 Å². The fourth-order valence-electron chi connectivity index (χ4n) is 2.78. The van der Waals surface area contributed by atoms with Crippen molar-refractivity contribution in [2.24, 2.45) is 0 Å². The predicted octanol–water partition coefficient (Wildman–Crippen LogP) is 2.47. The quantitative estimate of drug-likeness (QED) is 0.819. The van der Waals surface area contributed by atoms with E-state index >= 15 is 0 Å². The number of carbonyl (C=O) groups excluding carboxylic acids is 1. The molecule has 104 valence electrons. The molecule has 2 unspecified atom stereocenters. The van der Waals surface area contributed by atoms with E-state index in [1.54, 1.807) is 12.1 Å². The molecule has 19 heavy (non-hydrogen) atoms. The molecule has 1 aromatic rings. The van der Waals surface area contributed by atoms with E-state index in [1.165, 1.54) is 12.8 Å². The van der Waals surface area contributed by atoms with Crippen LogP contribution in [0.15, 0.2) is 24.3 Å². The summed E-state index contributed by atoms with van der Waals surface area (Å²) in [5.41, 5.74) is 7.13. The van der Waals surface area contributed by atoms with E-state index in [1.807, 2.05) is 12.1 Å². The number of amides is 1. The molecule has 4 nitrogen and oxygen atoms in total. The van der Waals surface area contributed by atoms with Crippen molar-refractivity contribution in [3.63, 3.8) is 0 Å². The maximum atomic E-state index is 12.1. The maximum Gasteiger partial charge on any atom is 0.238 e. The van der Waals surface area contributed by atoms with E-state index in [0.29, 0.717) is 24.3 Å². The van der Waals surface area contributed by atoms with Crippen molar-refractivity contribution in [2.75, 3.05) is 17.6 Å². The third kappa shape index (κ3) is 3.47. The number of rotatable bonds is 4. The summed E-state index contributed by atoms with van der Waals surface area (Å²) in [6.07, 6.45) is 3.50. The van der Waals surface area contributed by atoms with Gasteiger partial charge in [0.15, 0.2) is 0 Å². The Bertz CT molecular complexity index is 430. The van der Waals surface area contributed by atoms with Crippen LogP contribution in [0.4, 0.5) is 11.4 Å². The van der Waals surface area contributed by atoms with Gasteiger partial charge in [0, 0.05) is 23.5 Å². The first-order chi connectivity index (χ1) is 9.10. The Morgan fingerprint density at radius 2 is 2.05 bits per heavy atom. The molecule has 1 saturated heterocycles. The van der Waals surface area contributed by atoms with Gasteiger partial charge in [0.1, 0.15) is 0 Å². The Morgan fingerprint density at radius 1 is 1.37 bits per heavy atom. The van der Waals surface area contributed by atoms with Crippen molar-refractivity contribution in [3.05, 3.63) is 24.3 Å². The molecule has 0 saturated carbocycles. The number of anilines is 2. The van der Waals surface area contributed by atoms with Gasteiger partial charge in [0.2, 0.25) is 5.91 Å². The van der Waals surface area contributed by atoms with Crippen LogP contribution in [0.2, 0.25) is 0 Å². The third-order valence-corrected chi connectivity index (χ3v) is 3.94. The number of likely N-dealkylation sites (tertiary alicyclic amines) is 1. The minimum absolute atomic E-state index is 0.0528. The highest BCUT2D eigenvalue weighted by Gasteiger charge is 2.30. The highest BCUT2D eigenvalue weighted by molar-refractivity contribution is 5.92. The average Bonchev–Trinajstić information content (AvgIpc) is 2.73. The largest absolute Gasteiger partial charge is 0.399 e. The van der Waals surface area contributed by atoms with Gasteiger partial charge < -0.3 is 11.1 Å². The van der Waals surface area contributed by atoms with Crippen molar-refractivity contribution in [3.8, 4) is 0 Å². The average molecular weight is 261 g/mol. The van der Waals surface area contributed by atoms with Crippen molar-refractivity contribution < 1.29 is 4.79 Å². The van der Waals surface area contributed by atoms with Crippen molar-refractivity contribution in [2.45, 2.75) is 45.2 Å². The lowest BCUT2D eigenvalue weighted by Gasteiger charge is -2.26. The van der Waals surface area contributed by atoms with Gasteiger partial charge in [0.25, 0.3) is 0 Å². The number of carbonyl (C=O) groups is 1. The van der Waals surface area contributed by atoms with Gasteiger partial charge in [-0.2, -0.15) is 0 Å². The first-order valence-corrected chi connectivity index (χ1v) is 7.01. The van der Waals surface area contributed by atoms with E-state index in [2.05, 4.69) is 24.1 Å². The first kappa shape index (κ1) is 13.9. The molecule has 0 bridgehead atoms. The van der Waals surface area contributed by atoms with Crippen LogP contribution < -0.4 is 11.1 Å². The molecule has 0 spiro atoms. The number of nitrogen functional groups attached to an aromatic ring is 1. The number of nitrogens with two attached hydrogens (primary N) is 1. The van der Waals surface area contributed by atoms with Gasteiger partial charge in [-0.15, -0.1) is 0 Å². The summed E-state index contributed by atoms with van der Waals surface area (Å²) in [6.45, 7) is 4.86. The molecule has 3 N–H and O–H groups in total. The Morgan fingerprint density at radius 3 is 2.68 bits per heavy atom. The first-order valence-electron chi connectivity index (χ1n) is 7.01. The lowest BCUT2D eigenvalue weighted by molar-refractivity contribution is -0.118. The summed E-state index contributed by atoms with van der Waals surface area (Å²) in [6, 6.07) is 8.30. The zero-order valence-corrected chi connectivity index (χ0v) is 11.7. The smallest absolute Gasteiger partial charge is 0.238 e. The fraction of sp³-hybridized carbons (Fsp3) is 0.533. The van der Waals surface area contributed by atoms with Crippen LogP contribution in [0.3, 0.4) is 0 Å². The number of nitrogens with one attached hydrogen (secondary N) is 1. The molecule has 0 aromatic heterocycles. The second-order valence-electron chi connectivity index (χ2n) is 5.33. The molecule has 1 heterocycles. The number of hydrogen-bond acceptors (Lipinski definition) is 3. The van der Waals surface area contributed by atoms with Gasteiger partial charge in [-0.1, -0.05) is 6.92 Å². The van der Waals surface area contributed by atoms with E-state index < -0.39 is 0 Å². The Hall–Kier alpha value is -1.55. The van der Waals surface area contributed by atoms with Crippen molar-refractivity contribution in [1.29, 1.82) is 0 Å². The number of benzene rings is 1. The lowest BCUT2D eigenvalue weighted by Crippen LogP contribution is -2.40. The van der Waals surface area contributed by atoms with Crippen LogP contribution in [-0.2, 0) is 4.79 Å². The Kier molecular flexibility index (Phi) is 4.43. The monoisotopic (exact) mass is 261 g/mol. The third-order valence-electron chi connectivity index (χ3n) is 3.94. The molecule has 1 aliphatic heterocycles. The normalized spacial score (nSPS) is 23.5. The van der Waals surface area contributed by atoms with Gasteiger partial charge in [0.05, 0.1) is 6.54 Å². The highest BCUT2D eigenvalue weighted by Crippen LogP contribution is 2.25. The summed E-state index contributed by atoms with van der Waals surface area (Å²) >= 11 is 0. The van der Waals surface area contributed by atoms with E-state index in [-0.39, 0.29) is 5.91 Å². The second-order valence-corrected chi connectivity index (χ2v) is 5.33. The minimum Gasteiger partial charge on any atom is -0.399 e.